The third-order valence-electron chi connectivity index (χ3n) is 6.74. The molecule has 0 aliphatic carbocycles. The van der Waals surface area contributed by atoms with Gasteiger partial charge in [-0.1, -0.05) is 159 Å². The van der Waals surface area contributed by atoms with Crippen LogP contribution in [0.2, 0.25) is 25.2 Å². The van der Waals surface area contributed by atoms with Gasteiger partial charge in [0.2, 0.25) is 0 Å². The van der Waals surface area contributed by atoms with E-state index >= 15 is 0 Å². The van der Waals surface area contributed by atoms with Crippen LogP contribution in [0, 0.1) is 0 Å². The SMILES string of the molecule is C[Si](C)(CCCP(c1ccccc1)c1ccccc1)CCCP(c1ccccc1)c1ccccc1. The minimum atomic E-state index is -1.22. The molecule has 0 unspecified atom stereocenters. The molecule has 0 saturated carbocycles. The molecule has 180 valence electrons. The van der Waals surface area contributed by atoms with Crippen LogP contribution in [0.4, 0.5) is 0 Å². The molecule has 4 rings (SSSR count). The molecule has 0 aliphatic rings. The summed E-state index contributed by atoms with van der Waals surface area (Å²) in [5.74, 6) is 0. The van der Waals surface area contributed by atoms with E-state index in [2.05, 4.69) is 134 Å². The zero-order valence-electron chi connectivity index (χ0n) is 21.2. The highest BCUT2D eigenvalue weighted by Crippen LogP contribution is 2.38. The summed E-state index contributed by atoms with van der Waals surface area (Å²) in [5.41, 5.74) is 0. The monoisotopic (exact) mass is 512 g/mol. The molecule has 0 radical (unpaired) electrons. The molecule has 35 heavy (non-hydrogen) atoms. The van der Waals surface area contributed by atoms with Gasteiger partial charge in [-0.2, -0.15) is 0 Å². The van der Waals surface area contributed by atoms with E-state index in [9.17, 15) is 0 Å². The minimum Gasteiger partial charge on any atom is -0.0693 e. The quantitative estimate of drug-likeness (QED) is 0.135. The number of hydrogen-bond acceptors (Lipinski definition) is 0. The molecule has 0 fully saturated rings. The van der Waals surface area contributed by atoms with Crippen LogP contribution in [0.3, 0.4) is 0 Å². The first-order valence-corrected chi connectivity index (χ1v) is 19.3. The summed E-state index contributed by atoms with van der Waals surface area (Å²) < 4.78 is 0. The smallest absolute Gasteiger partial charge is 0.0474 e. The molecule has 0 N–H and O–H groups in total. The Morgan fingerprint density at radius 1 is 0.429 bits per heavy atom. The molecular weight excluding hydrogens is 474 g/mol. The van der Waals surface area contributed by atoms with Crippen LogP contribution in [-0.2, 0) is 0 Å². The zero-order chi connectivity index (χ0) is 24.3. The van der Waals surface area contributed by atoms with Crippen molar-refractivity contribution in [2.24, 2.45) is 0 Å². The van der Waals surface area contributed by atoms with Crippen molar-refractivity contribution in [1.29, 1.82) is 0 Å². The van der Waals surface area contributed by atoms with Gasteiger partial charge in [0, 0.05) is 8.07 Å². The highest BCUT2D eigenvalue weighted by molar-refractivity contribution is 7.73. The topological polar surface area (TPSA) is 0 Å². The average Bonchev–Trinajstić information content (AvgIpc) is 2.91. The average molecular weight is 513 g/mol. The normalized spacial score (nSPS) is 11.8. The lowest BCUT2D eigenvalue weighted by Gasteiger charge is -2.26. The summed E-state index contributed by atoms with van der Waals surface area (Å²) in [6.45, 7) is 5.24. The predicted molar refractivity (Wildman–Crippen MR) is 164 cm³/mol. The fourth-order valence-electron chi connectivity index (χ4n) is 4.80. The minimum absolute atomic E-state index is 0.262. The Labute approximate surface area is 216 Å². The van der Waals surface area contributed by atoms with Crippen molar-refractivity contribution in [3.63, 3.8) is 0 Å². The van der Waals surface area contributed by atoms with Crippen LogP contribution >= 0.6 is 15.8 Å². The Kier molecular flexibility index (Phi) is 9.90. The van der Waals surface area contributed by atoms with Crippen LogP contribution in [0.25, 0.3) is 0 Å². The van der Waals surface area contributed by atoms with E-state index in [-0.39, 0.29) is 15.8 Å². The number of rotatable bonds is 12. The lowest BCUT2D eigenvalue weighted by Crippen LogP contribution is -2.26. The molecule has 4 aromatic rings. The Morgan fingerprint density at radius 3 is 0.943 bits per heavy atom. The van der Waals surface area contributed by atoms with Crippen LogP contribution in [0.15, 0.2) is 121 Å². The lowest BCUT2D eigenvalue weighted by atomic mass is 10.4. The molecule has 0 amide bonds. The van der Waals surface area contributed by atoms with Gasteiger partial charge in [0.1, 0.15) is 0 Å². The summed E-state index contributed by atoms with van der Waals surface area (Å²) in [4.78, 5) is 0. The van der Waals surface area contributed by atoms with Gasteiger partial charge in [-0.25, -0.2) is 0 Å². The number of hydrogen-bond donors (Lipinski definition) is 0. The third-order valence-corrected chi connectivity index (χ3v) is 15.4. The molecule has 0 aromatic heterocycles. The molecule has 0 heterocycles. The standard InChI is InChI=1S/C32H38P2Si/c1-35(2,27-15-25-33(29-17-7-3-8-18-29)30-19-9-4-10-20-30)28-16-26-34(31-21-11-5-12-22-31)32-23-13-6-14-24-32/h3-14,17-24H,15-16,25-28H2,1-2H3. The second kappa shape index (κ2) is 13.3. The molecule has 3 heteroatoms. The maximum atomic E-state index is 2.62. The van der Waals surface area contributed by atoms with Gasteiger partial charge in [0.15, 0.2) is 0 Å². The van der Waals surface area contributed by atoms with Crippen molar-refractivity contribution in [1.82, 2.24) is 0 Å². The van der Waals surface area contributed by atoms with Crippen molar-refractivity contribution in [3.8, 4) is 0 Å². The molecule has 0 nitrogen and oxygen atoms in total. The van der Waals surface area contributed by atoms with Crippen LogP contribution in [-0.4, -0.2) is 20.4 Å². The predicted octanol–water partition coefficient (Wildman–Crippen LogP) is 7.74. The van der Waals surface area contributed by atoms with Crippen LogP contribution < -0.4 is 21.2 Å². The summed E-state index contributed by atoms with van der Waals surface area (Å²) in [6, 6.07) is 47.6. The molecule has 4 aromatic carbocycles. The lowest BCUT2D eigenvalue weighted by molar-refractivity contribution is 0.992. The number of benzene rings is 4. The summed E-state index contributed by atoms with van der Waals surface area (Å²) in [5, 5.41) is 6.07. The van der Waals surface area contributed by atoms with E-state index in [1.807, 2.05) is 0 Å². The highest BCUT2D eigenvalue weighted by atomic mass is 31.1. The maximum Gasteiger partial charge on any atom is 0.0474 e. The van der Waals surface area contributed by atoms with Gasteiger partial charge in [0.05, 0.1) is 0 Å². The van der Waals surface area contributed by atoms with E-state index in [0.717, 1.165) is 0 Å². The largest absolute Gasteiger partial charge is 0.0693 e. The zero-order valence-corrected chi connectivity index (χ0v) is 24.0. The second-order valence-electron chi connectivity index (χ2n) is 10.0. The van der Waals surface area contributed by atoms with E-state index in [4.69, 9.17) is 0 Å². The van der Waals surface area contributed by atoms with Gasteiger partial charge in [0.25, 0.3) is 0 Å². The second-order valence-corrected chi connectivity index (χ2v) is 20.0. The molecule has 0 atom stereocenters. The van der Waals surface area contributed by atoms with Gasteiger partial charge in [-0.15, -0.1) is 0 Å². The van der Waals surface area contributed by atoms with Crippen molar-refractivity contribution in [3.05, 3.63) is 121 Å². The molecule has 0 spiro atoms. The van der Waals surface area contributed by atoms with Gasteiger partial charge < -0.3 is 0 Å². The first kappa shape index (κ1) is 26.0. The van der Waals surface area contributed by atoms with Crippen molar-refractivity contribution < 1.29 is 0 Å². The van der Waals surface area contributed by atoms with Gasteiger partial charge in [-0.3, -0.25) is 0 Å². The summed E-state index contributed by atoms with van der Waals surface area (Å²) in [6.07, 6.45) is 5.31. The van der Waals surface area contributed by atoms with Crippen LogP contribution in [0.5, 0.6) is 0 Å². The molecular formula is C32H38P2Si. The fourth-order valence-corrected chi connectivity index (χ4v) is 12.6. The van der Waals surface area contributed by atoms with Gasteiger partial charge in [-0.05, 0) is 49.4 Å². The van der Waals surface area contributed by atoms with E-state index in [0.29, 0.717) is 0 Å². The Morgan fingerprint density at radius 2 is 0.686 bits per heavy atom. The first-order valence-electron chi connectivity index (χ1n) is 12.9. The maximum absolute atomic E-state index is 2.62. The fraction of sp³-hybridized carbons (Fsp3) is 0.250. The van der Waals surface area contributed by atoms with E-state index in [1.54, 1.807) is 0 Å². The Bertz CT molecular complexity index is 945. The van der Waals surface area contributed by atoms with Gasteiger partial charge >= 0.3 is 0 Å². The van der Waals surface area contributed by atoms with E-state index in [1.165, 1.54) is 58.5 Å². The Hall–Kier alpha value is -2.04. The summed E-state index contributed by atoms with van der Waals surface area (Å²) >= 11 is 0. The first-order chi connectivity index (χ1) is 17.1. The van der Waals surface area contributed by atoms with Crippen molar-refractivity contribution in [2.75, 3.05) is 12.3 Å². The molecule has 0 bridgehead atoms. The Balaban J connectivity index is 1.34. The molecule has 0 aliphatic heterocycles. The highest BCUT2D eigenvalue weighted by Gasteiger charge is 2.23. The third kappa shape index (κ3) is 7.98. The summed E-state index contributed by atoms with van der Waals surface area (Å²) in [7, 11) is -1.74. The van der Waals surface area contributed by atoms with Crippen molar-refractivity contribution >= 4 is 45.1 Å². The van der Waals surface area contributed by atoms with Crippen molar-refractivity contribution in [2.45, 2.75) is 38.0 Å². The van der Waals surface area contributed by atoms with E-state index < -0.39 is 8.07 Å². The van der Waals surface area contributed by atoms with Crippen LogP contribution in [0.1, 0.15) is 12.8 Å². The molecule has 0 saturated heterocycles.